The second-order valence-electron chi connectivity index (χ2n) is 4.24. The molecule has 2 aromatic rings. The Morgan fingerprint density at radius 1 is 1.29 bits per heavy atom. The number of hydrogen-bond donors (Lipinski definition) is 1. The first kappa shape index (κ1) is 11.6. The highest BCUT2D eigenvalue weighted by Crippen LogP contribution is 2.13. The van der Waals surface area contributed by atoms with Gasteiger partial charge >= 0.3 is 5.69 Å². The van der Waals surface area contributed by atoms with Gasteiger partial charge in [-0.1, -0.05) is 25.5 Å². The van der Waals surface area contributed by atoms with Gasteiger partial charge in [0.15, 0.2) is 0 Å². The Balaban J connectivity index is 2.81. The van der Waals surface area contributed by atoms with Crippen LogP contribution in [0.3, 0.4) is 0 Å². The topological polar surface area (TPSA) is 54.9 Å². The molecule has 0 aliphatic heterocycles. The van der Waals surface area contributed by atoms with Crippen molar-refractivity contribution in [3.05, 3.63) is 44.6 Å². The highest BCUT2D eigenvalue weighted by molar-refractivity contribution is 5.81. The number of H-pyrrole nitrogens is 1. The van der Waals surface area contributed by atoms with Crippen LogP contribution in [0.4, 0.5) is 0 Å². The molecular weight excluding hydrogens is 216 g/mol. The van der Waals surface area contributed by atoms with Crippen molar-refractivity contribution in [3.8, 4) is 0 Å². The van der Waals surface area contributed by atoms with E-state index in [0.717, 1.165) is 23.9 Å². The monoisotopic (exact) mass is 232 g/mol. The molecule has 4 nitrogen and oxygen atoms in total. The number of nitrogens with zero attached hydrogens (tertiary/aromatic N) is 1. The van der Waals surface area contributed by atoms with Gasteiger partial charge in [-0.25, -0.2) is 4.79 Å². The molecule has 90 valence electrons. The molecule has 2 rings (SSSR count). The molecule has 0 atom stereocenters. The molecule has 0 bridgehead atoms. The smallest absolute Gasteiger partial charge is 0.293 e. The highest BCUT2D eigenvalue weighted by atomic mass is 16.2. The van der Waals surface area contributed by atoms with Crippen molar-refractivity contribution in [2.45, 2.75) is 33.2 Å². The van der Waals surface area contributed by atoms with E-state index in [2.05, 4.69) is 11.9 Å². The van der Waals surface area contributed by atoms with Crippen molar-refractivity contribution >= 4 is 10.9 Å². The predicted molar refractivity (Wildman–Crippen MR) is 68.5 cm³/mol. The first-order valence-electron chi connectivity index (χ1n) is 5.87. The maximum absolute atomic E-state index is 11.8. The lowest BCUT2D eigenvalue weighted by Crippen LogP contribution is -2.30. The number of aromatic nitrogens is 2. The Morgan fingerprint density at radius 2 is 2.06 bits per heavy atom. The highest BCUT2D eigenvalue weighted by Gasteiger charge is 2.08. The normalized spacial score (nSPS) is 10.9. The first-order valence-corrected chi connectivity index (χ1v) is 5.87. The van der Waals surface area contributed by atoms with Crippen molar-refractivity contribution in [3.63, 3.8) is 0 Å². The standard InChI is InChI=1S/C13H16N2O2/c1-3-4-8-15-11-9(2)6-5-7-10(11)12(16)14-13(15)17/h5-7H,3-4,8H2,1-2H3,(H,14,16,17). The predicted octanol–water partition coefficient (Wildman–Crippen LogP) is 1.80. The summed E-state index contributed by atoms with van der Waals surface area (Å²) in [6.07, 6.45) is 1.94. The van der Waals surface area contributed by atoms with E-state index in [1.807, 2.05) is 19.1 Å². The van der Waals surface area contributed by atoms with Gasteiger partial charge in [0.05, 0.1) is 10.9 Å². The third-order valence-electron chi connectivity index (χ3n) is 2.95. The van der Waals surface area contributed by atoms with E-state index in [4.69, 9.17) is 0 Å². The van der Waals surface area contributed by atoms with Crippen LogP contribution in [-0.2, 0) is 6.54 Å². The largest absolute Gasteiger partial charge is 0.328 e. The Labute approximate surface area is 98.9 Å². The fourth-order valence-electron chi connectivity index (χ4n) is 2.06. The van der Waals surface area contributed by atoms with Crippen LogP contribution in [0.15, 0.2) is 27.8 Å². The molecule has 0 aliphatic carbocycles. The molecule has 0 aliphatic rings. The quantitative estimate of drug-likeness (QED) is 0.877. The van der Waals surface area contributed by atoms with Crippen molar-refractivity contribution in [1.82, 2.24) is 9.55 Å². The molecule has 0 unspecified atom stereocenters. The van der Waals surface area contributed by atoms with Crippen molar-refractivity contribution in [2.75, 3.05) is 0 Å². The zero-order valence-electron chi connectivity index (χ0n) is 10.1. The van der Waals surface area contributed by atoms with Gasteiger partial charge in [-0.05, 0) is 25.0 Å². The zero-order chi connectivity index (χ0) is 12.4. The minimum atomic E-state index is -0.315. The zero-order valence-corrected chi connectivity index (χ0v) is 10.1. The summed E-state index contributed by atoms with van der Waals surface area (Å²) in [5.74, 6) is 0. The average Bonchev–Trinajstić information content (AvgIpc) is 2.30. The number of aromatic amines is 1. The minimum absolute atomic E-state index is 0.304. The second-order valence-corrected chi connectivity index (χ2v) is 4.24. The molecule has 0 saturated heterocycles. The maximum atomic E-state index is 11.8. The molecule has 0 spiro atoms. The van der Waals surface area contributed by atoms with Gasteiger partial charge in [0.25, 0.3) is 5.56 Å². The Bertz CT molecular complexity index is 652. The maximum Gasteiger partial charge on any atom is 0.328 e. The Hall–Kier alpha value is -1.84. The van der Waals surface area contributed by atoms with Crippen molar-refractivity contribution in [2.24, 2.45) is 0 Å². The van der Waals surface area contributed by atoms with Gasteiger partial charge in [0.1, 0.15) is 0 Å². The van der Waals surface area contributed by atoms with Crippen LogP contribution in [0.2, 0.25) is 0 Å². The lowest BCUT2D eigenvalue weighted by Gasteiger charge is -2.10. The lowest BCUT2D eigenvalue weighted by atomic mass is 10.1. The van der Waals surface area contributed by atoms with Gasteiger partial charge in [-0.15, -0.1) is 0 Å². The summed E-state index contributed by atoms with van der Waals surface area (Å²) in [5.41, 5.74) is 1.10. The van der Waals surface area contributed by atoms with Crippen LogP contribution in [0.1, 0.15) is 25.3 Å². The SMILES string of the molecule is CCCCn1c(=O)[nH]c(=O)c2cccc(C)c21. The fourth-order valence-corrected chi connectivity index (χ4v) is 2.06. The average molecular weight is 232 g/mol. The molecule has 1 aromatic heterocycles. The number of para-hydroxylation sites is 1. The number of rotatable bonds is 3. The van der Waals surface area contributed by atoms with E-state index in [1.165, 1.54) is 0 Å². The molecular formula is C13H16N2O2. The summed E-state index contributed by atoms with van der Waals surface area (Å²) in [6.45, 7) is 4.64. The first-order chi connectivity index (χ1) is 8.15. The van der Waals surface area contributed by atoms with E-state index in [9.17, 15) is 9.59 Å². The number of benzene rings is 1. The van der Waals surface area contributed by atoms with Gasteiger partial charge in [0, 0.05) is 6.54 Å². The van der Waals surface area contributed by atoms with Crippen molar-refractivity contribution < 1.29 is 0 Å². The van der Waals surface area contributed by atoms with Crippen LogP contribution in [0, 0.1) is 6.92 Å². The van der Waals surface area contributed by atoms with E-state index in [-0.39, 0.29) is 11.2 Å². The molecule has 0 saturated carbocycles. The molecule has 0 radical (unpaired) electrons. The van der Waals surface area contributed by atoms with E-state index >= 15 is 0 Å². The number of fused-ring (bicyclic) bond motifs is 1. The third kappa shape index (κ3) is 2.02. The van der Waals surface area contributed by atoms with E-state index in [0.29, 0.717) is 11.9 Å². The van der Waals surface area contributed by atoms with Crippen LogP contribution in [0.25, 0.3) is 10.9 Å². The molecule has 1 aromatic carbocycles. The minimum Gasteiger partial charge on any atom is -0.293 e. The number of aryl methyl sites for hydroxylation is 2. The Morgan fingerprint density at radius 3 is 2.76 bits per heavy atom. The molecule has 0 amide bonds. The molecule has 1 heterocycles. The fraction of sp³-hybridized carbons (Fsp3) is 0.385. The summed E-state index contributed by atoms with van der Waals surface area (Å²) >= 11 is 0. The lowest BCUT2D eigenvalue weighted by molar-refractivity contribution is 0.616. The van der Waals surface area contributed by atoms with Gasteiger partial charge in [-0.2, -0.15) is 0 Å². The molecule has 17 heavy (non-hydrogen) atoms. The van der Waals surface area contributed by atoms with E-state index in [1.54, 1.807) is 10.6 Å². The summed E-state index contributed by atoms with van der Waals surface area (Å²) in [6, 6.07) is 5.51. The molecule has 1 N–H and O–H groups in total. The number of nitrogens with one attached hydrogen (secondary N) is 1. The number of unbranched alkanes of at least 4 members (excludes halogenated alkanes) is 1. The number of hydrogen-bond acceptors (Lipinski definition) is 2. The van der Waals surface area contributed by atoms with Crippen LogP contribution < -0.4 is 11.2 Å². The third-order valence-corrected chi connectivity index (χ3v) is 2.95. The van der Waals surface area contributed by atoms with Gasteiger partial charge < -0.3 is 0 Å². The van der Waals surface area contributed by atoms with Crippen LogP contribution in [0.5, 0.6) is 0 Å². The molecule has 4 heteroatoms. The summed E-state index contributed by atoms with van der Waals surface area (Å²) in [4.78, 5) is 25.9. The van der Waals surface area contributed by atoms with Crippen molar-refractivity contribution in [1.29, 1.82) is 0 Å². The summed E-state index contributed by atoms with van der Waals surface area (Å²) in [5, 5.41) is 0.584. The van der Waals surface area contributed by atoms with Crippen LogP contribution in [-0.4, -0.2) is 9.55 Å². The summed E-state index contributed by atoms with van der Waals surface area (Å²) < 4.78 is 1.66. The summed E-state index contributed by atoms with van der Waals surface area (Å²) in [7, 11) is 0. The van der Waals surface area contributed by atoms with Crippen LogP contribution >= 0.6 is 0 Å². The van der Waals surface area contributed by atoms with E-state index < -0.39 is 0 Å². The Kier molecular flexibility index (Phi) is 3.13. The van der Waals surface area contributed by atoms with Gasteiger partial charge in [0.2, 0.25) is 0 Å². The molecule has 0 fully saturated rings. The van der Waals surface area contributed by atoms with Gasteiger partial charge in [-0.3, -0.25) is 14.3 Å². The second kappa shape index (κ2) is 4.57.